The zero-order valence-electron chi connectivity index (χ0n) is 18.7. The number of ether oxygens (including phenoxy) is 1. The van der Waals surface area contributed by atoms with Gasteiger partial charge in [0.2, 0.25) is 5.91 Å². The standard InChI is InChI=1S/C24H27N3O5S/c1-3-32-21(29)19-17(16-10-5-4-6-11-16)14-33-20(19)25-18(28)13-27-22(30)24(26-23(27)31)12-8-7-9-15(24)2/h4-6,10-11,14-15H,3,7-9,12-13H2,1-2H3,(H,25,28)(H,26,31). The maximum atomic E-state index is 13.1. The van der Waals surface area contributed by atoms with Gasteiger partial charge in [-0.1, -0.05) is 50.1 Å². The Balaban J connectivity index is 1.54. The summed E-state index contributed by atoms with van der Waals surface area (Å²) in [5.74, 6) is -1.43. The molecule has 1 aromatic heterocycles. The number of amides is 4. The molecule has 0 bridgehead atoms. The molecule has 174 valence electrons. The van der Waals surface area contributed by atoms with E-state index < -0.39 is 30.0 Å². The van der Waals surface area contributed by atoms with Gasteiger partial charge in [0, 0.05) is 10.9 Å². The molecular formula is C24H27N3O5S. The molecule has 2 heterocycles. The van der Waals surface area contributed by atoms with Crippen molar-refractivity contribution in [2.75, 3.05) is 18.5 Å². The van der Waals surface area contributed by atoms with E-state index in [2.05, 4.69) is 10.6 Å². The number of carbonyl (C=O) groups is 4. The van der Waals surface area contributed by atoms with Crippen LogP contribution in [0.5, 0.6) is 0 Å². The molecule has 1 saturated carbocycles. The summed E-state index contributed by atoms with van der Waals surface area (Å²) in [5.41, 5.74) is 0.810. The van der Waals surface area contributed by atoms with Crippen LogP contribution in [0, 0.1) is 5.92 Å². The molecular weight excluding hydrogens is 442 g/mol. The topological polar surface area (TPSA) is 105 Å². The van der Waals surface area contributed by atoms with Crippen molar-refractivity contribution in [3.63, 3.8) is 0 Å². The molecule has 1 spiro atoms. The average Bonchev–Trinajstić information content (AvgIpc) is 3.31. The number of esters is 1. The zero-order valence-corrected chi connectivity index (χ0v) is 19.5. The fraction of sp³-hybridized carbons (Fsp3) is 0.417. The molecule has 2 unspecified atom stereocenters. The third kappa shape index (κ3) is 4.25. The second-order valence-corrected chi connectivity index (χ2v) is 9.31. The van der Waals surface area contributed by atoms with E-state index in [0.717, 1.165) is 29.7 Å². The Labute approximate surface area is 196 Å². The van der Waals surface area contributed by atoms with Crippen molar-refractivity contribution in [2.45, 2.75) is 45.1 Å². The number of rotatable bonds is 6. The van der Waals surface area contributed by atoms with E-state index in [-0.39, 0.29) is 24.0 Å². The minimum atomic E-state index is -0.922. The van der Waals surface area contributed by atoms with E-state index in [0.29, 0.717) is 17.0 Å². The zero-order chi connectivity index (χ0) is 23.6. The van der Waals surface area contributed by atoms with E-state index in [9.17, 15) is 19.2 Å². The van der Waals surface area contributed by atoms with E-state index in [1.54, 1.807) is 12.3 Å². The van der Waals surface area contributed by atoms with E-state index in [1.807, 2.05) is 37.3 Å². The number of imide groups is 1. The molecule has 2 N–H and O–H groups in total. The first-order valence-electron chi connectivity index (χ1n) is 11.2. The van der Waals surface area contributed by atoms with Crippen LogP contribution in [0.3, 0.4) is 0 Å². The summed E-state index contributed by atoms with van der Waals surface area (Å²) in [4.78, 5) is 52.2. The van der Waals surface area contributed by atoms with Gasteiger partial charge in [0.25, 0.3) is 5.91 Å². The SMILES string of the molecule is CCOC(=O)c1c(-c2ccccc2)csc1NC(=O)CN1C(=O)NC2(CCCCC2C)C1=O. The van der Waals surface area contributed by atoms with Gasteiger partial charge < -0.3 is 15.4 Å². The Kier molecular flexibility index (Phi) is 6.51. The van der Waals surface area contributed by atoms with Crippen LogP contribution >= 0.6 is 11.3 Å². The summed E-state index contributed by atoms with van der Waals surface area (Å²) in [7, 11) is 0. The van der Waals surface area contributed by atoms with Crippen molar-refractivity contribution in [1.29, 1.82) is 0 Å². The molecule has 1 aromatic carbocycles. The molecule has 2 fully saturated rings. The smallest absolute Gasteiger partial charge is 0.341 e. The Morgan fingerprint density at radius 3 is 2.70 bits per heavy atom. The minimum Gasteiger partial charge on any atom is -0.462 e. The second kappa shape index (κ2) is 9.35. The van der Waals surface area contributed by atoms with Crippen molar-refractivity contribution in [3.8, 4) is 11.1 Å². The molecule has 8 nitrogen and oxygen atoms in total. The number of anilines is 1. The fourth-order valence-corrected chi connectivity index (χ4v) is 5.61. The molecule has 2 aliphatic rings. The highest BCUT2D eigenvalue weighted by Gasteiger charge is 2.55. The lowest BCUT2D eigenvalue weighted by atomic mass is 9.73. The van der Waals surface area contributed by atoms with Crippen molar-refractivity contribution < 1.29 is 23.9 Å². The normalized spacial score (nSPS) is 22.4. The predicted molar refractivity (Wildman–Crippen MR) is 125 cm³/mol. The first kappa shape index (κ1) is 23.0. The summed E-state index contributed by atoms with van der Waals surface area (Å²) >= 11 is 1.20. The van der Waals surface area contributed by atoms with Gasteiger partial charge in [-0.05, 0) is 31.2 Å². The van der Waals surface area contributed by atoms with E-state index in [1.165, 1.54) is 11.3 Å². The fourth-order valence-electron chi connectivity index (χ4n) is 4.63. The highest BCUT2D eigenvalue weighted by Crippen LogP contribution is 2.39. The summed E-state index contributed by atoms with van der Waals surface area (Å²) in [5, 5.41) is 7.67. The Morgan fingerprint density at radius 2 is 2.00 bits per heavy atom. The average molecular weight is 470 g/mol. The number of thiophene rings is 1. The van der Waals surface area contributed by atoms with Crippen LogP contribution in [0.25, 0.3) is 11.1 Å². The van der Waals surface area contributed by atoms with Gasteiger partial charge in [-0.15, -0.1) is 11.3 Å². The van der Waals surface area contributed by atoms with Gasteiger partial charge >= 0.3 is 12.0 Å². The quantitative estimate of drug-likeness (QED) is 0.491. The molecule has 4 amide bonds. The van der Waals surface area contributed by atoms with E-state index in [4.69, 9.17) is 4.74 Å². The predicted octanol–water partition coefficient (Wildman–Crippen LogP) is 4.03. The van der Waals surface area contributed by atoms with Gasteiger partial charge in [-0.25, -0.2) is 9.59 Å². The van der Waals surface area contributed by atoms with E-state index >= 15 is 0 Å². The molecule has 33 heavy (non-hydrogen) atoms. The van der Waals surface area contributed by atoms with Gasteiger partial charge in [0.15, 0.2) is 0 Å². The third-order valence-corrected chi connectivity index (χ3v) is 7.31. The second-order valence-electron chi connectivity index (χ2n) is 8.43. The summed E-state index contributed by atoms with van der Waals surface area (Å²) in [6.07, 6.45) is 3.31. The summed E-state index contributed by atoms with van der Waals surface area (Å²) in [6, 6.07) is 8.79. The number of carbonyl (C=O) groups excluding carboxylic acids is 4. The first-order valence-corrected chi connectivity index (χ1v) is 12.0. The number of nitrogens with one attached hydrogen (secondary N) is 2. The molecule has 2 atom stereocenters. The van der Waals surface area contributed by atoms with Crippen molar-refractivity contribution >= 4 is 40.2 Å². The lowest BCUT2D eigenvalue weighted by Crippen LogP contribution is -2.54. The van der Waals surface area contributed by atoms with Crippen molar-refractivity contribution in [1.82, 2.24) is 10.2 Å². The maximum Gasteiger partial charge on any atom is 0.341 e. The minimum absolute atomic E-state index is 0.0110. The summed E-state index contributed by atoms with van der Waals surface area (Å²) < 4.78 is 5.21. The molecule has 1 saturated heterocycles. The number of nitrogens with zero attached hydrogens (tertiary/aromatic N) is 1. The van der Waals surface area contributed by atoms with Gasteiger partial charge in [-0.2, -0.15) is 0 Å². The van der Waals surface area contributed by atoms with Crippen LogP contribution < -0.4 is 10.6 Å². The van der Waals surface area contributed by atoms with Crippen LogP contribution in [0.4, 0.5) is 9.80 Å². The maximum absolute atomic E-state index is 13.1. The number of hydrogen-bond acceptors (Lipinski definition) is 6. The van der Waals surface area contributed by atoms with Crippen molar-refractivity contribution in [2.24, 2.45) is 5.92 Å². The molecule has 1 aliphatic carbocycles. The van der Waals surface area contributed by atoms with Crippen LogP contribution in [0.1, 0.15) is 49.9 Å². The Morgan fingerprint density at radius 1 is 1.24 bits per heavy atom. The van der Waals surface area contributed by atoms with Crippen LogP contribution in [0.2, 0.25) is 0 Å². The van der Waals surface area contributed by atoms with Crippen LogP contribution in [-0.2, 0) is 14.3 Å². The van der Waals surface area contributed by atoms with Gasteiger partial charge in [-0.3, -0.25) is 14.5 Å². The van der Waals surface area contributed by atoms with Crippen LogP contribution in [-0.4, -0.2) is 47.4 Å². The monoisotopic (exact) mass is 469 g/mol. The van der Waals surface area contributed by atoms with Gasteiger partial charge in [0.1, 0.15) is 22.6 Å². The van der Waals surface area contributed by atoms with Crippen LogP contribution in [0.15, 0.2) is 35.7 Å². The molecule has 9 heteroatoms. The Bertz CT molecular complexity index is 1080. The number of hydrogen-bond donors (Lipinski definition) is 2. The Hall–Kier alpha value is -3.20. The lowest BCUT2D eigenvalue weighted by Gasteiger charge is -2.36. The number of urea groups is 1. The summed E-state index contributed by atoms with van der Waals surface area (Å²) in [6.45, 7) is 3.45. The third-order valence-electron chi connectivity index (χ3n) is 6.41. The lowest BCUT2D eigenvalue weighted by molar-refractivity contribution is -0.136. The molecule has 2 aromatic rings. The molecule has 1 aliphatic heterocycles. The highest BCUT2D eigenvalue weighted by molar-refractivity contribution is 7.15. The highest BCUT2D eigenvalue weighted by atomic mass is 32.1. The largest absolute Gasteiger partial charge is 0.462 e. The van der Waals surface area contributed by atoms with Crippen molar-refractivity contribution in [3.05, 3.63) is 41.3 Å². The van der Waals surface area contributed by atoms with Gasteiger partial charge in [0.05, 0.1) is 6.61 Å². The number of benzene rings is 1. The molecule has 0 radical (unpaired) electrons. The molecule has 4 rings (SSSR count). The first-order chi connectivity index (χ1) is 15.9.